The molecule has 1 aromatic rings. The summed E-state index contributed by atoms with van der Waals surface area (Å²) in [5.41, 5.74) is 0.642. The normalized spacial score (nSPS) is 22.7. The number of benzene rings is 1. The minimum absolute atomic E-state index is 0.152. The van der Waals surface area contributed by atoms with Gasteiger partial charge in [-0.25, -0.2) is 4.79 Å². The summed E-state index contributed by atoms with van der Waals surface area (Å²) in [6.07, 6.45) is 0.674. The van der Waals surface area contributed by atoms with Crippen LogP contribution in [0.25, 0.3) is 0 Å². The second-order valence-electron chi connectivity index (χ2n) is 4.23. The number of carbonyl (C=O) groups excluding carboxylic acids is 1. The van der Waals surface area contributed by atoms with Gasteiger partial charge in [0, 0.05) is 17.5 Å². The highest BCUT2D eigenvalue weighted by Crippen LogP contribution is 2.15. The van der Waals surface area contributed by atoms with E-state index in [2.05, 4.69) is 23.3 Å². The van der Waals surface area contributed by atoms with Crippen molar-refractivity contribution in [1.29, 1.82) is 0 Å². The van der Waals surface area contributed by atoms with Crippen molar-refractivity contribution in [2.75, 3.05) is 11.9 Å². The van der Waals surface area contributed by atoms with Crippen LogP contribution in [0.1, 0.15) is 16.8 Å². The molecule has 0 bridgehead atoms. The molecule has 1 heterocycles. The number of aromatic carboxylic acids is 1. The Morgan fingerprint density at radius 2 is 2.22 bits per heavy atom. The second-order valence-corrected chi connectivity index (χ2v) is 4.96. The van der Waals surface area contributed by atoms with Crippen molar-refractivity contribution in [3.05, 3.63) is 29.8 Å². The van der Waals surface area contributed by atoms with E-state index in [1.54, 1.807) is 12.1 Å². The number of hydrogen-bond donors (Lipinski definition) is 4. The van der Waals surface area contributed by atoms with Crippen LogP contribution in [0, 0.1) is 0 Å². The van der Waals surface area contributed by atoms with Crippen molar-refractivity contribution >= 4 is 30.2 Å². The van der Waals surface area contributed by atoms with E-state index < -0.39 is 5.97 Å². The van der Waals surface area contributed by atoms with Crippen LogP contribution < -0.4 is 10.6 Å². The third kappa shape index (κ3) is 3.02. The smallest absolute Gasteiger partial charge is 0.335 e. The topological polar surface area (TPSA) is 78.4 Å². The number of nitrogens with one attached hydrogen (secondary N) is 2. The van der Waals surface area contributed by atoms with Crippen molar-refractivity contribution in [1.82, 2.24) is 5.32 Å². The number of carbonyl (C=O) groups is 2. The zero-order chi connectivity index (χ0) is 13.1. The van der Waals surface area contributed by atoms with E-state index in [4.69, 9.17) is 5.11 Å². The lowest BCUT2D eigenvalue weighted by atomic mass is 10.2. The number of carboxylic acids is 1. The zero-order valence-corrected chi connectivity index (χ0v) is 10.5. The van der Waals surface area contributed by atoms with Gasteiger partial charge in [0.05, 0.1) is 11.6 Å². The lowest BCUT2D eigenvalue weighted by molar-refractivity contribution is -0.117. The fraction of sp³-hybridized carbons (Fsp3) is 0.333. The first-order chi connectivity index (χ1) is 8.56. The molecule has 0 radical (unpaired) electrons. The van der Waals surface area contributed by atoms with Crippen LogP contribution in [-0.2, 0) is 4.79 Å². The van der Waals surface area contributed by atoms with E-state index in [9.17, 15) is 9.59 Å². The summed E-state index contributed by atoms with van der Waals surface area (Å²) < 4.78 is 0. The maximum absolute atomic E-state index is 11.9. The Kier molecular flexibility index (Phi) is 3.88. The Bertz CT molecular complexity index is 478. The Hall–Kier alpha value is -1.53. The first-order valence-electron chi connectivity index (χ1n) is 5.62. The maximum atomic E-state index is 11.9. The van der Waals surface area contributed by atoms with Crippen LogP contribution in [0.15, 0.2) is 24.3 Å². The number of hydrogen-bond acceptors (Lipinski definition) is 4. The van der Waals surface area contributed by atoms with Gasteiger partial charge in [-0.15, -0.1) is 0 Å². The summed E-state index contributed by atoms with van der Waals surface area (Å²) in [7, 11) is 0. The maximum Gasteiger partial charge on any atom is 0.335 e. The van der Waals surface area contributed by atoms with Crippen molar-refractivity contribution in [2.45, 2.75) is 17.7 Å². The molecule has 1 fully saturated rings. The molecule has 1 saturated heterocycles. The molecule has 6 heteroatoms. The lowest BCUT2D eigenvalue weighted by Crippen LogP contribution is -2.35. The van der Waals surface area contributed by atoms with Crippen molar-refractivity contribution in [3.63, 3.8) is 0 Å². The molecule has 1 aliphatic heterocycles. The molecule has 0 aromatic heterocycles. The molecule has 1 aromatic carbocycles. The number of rotatable bonds is 3. The molecule has 0 aliphatic carbocycles. The average molecular weight is 266 g/mol. The summed E-state index contributed by atoms with van der Waals surface area (Å²) in [5.74, 6) is -1.17. The third-order valence-electron chi connectivity index (χ3n) is 2.80. The summed E-state index contributed by atoms with van der Waals surface area (Å²) >= 11 is 4.30. The monoisotopic (exact) mass is 266 g/mol. The first kappa shape index (κ1) is 12.9. The number of amides is 1. The predicted octanol–water partition coefficient (Wildman–Crippen LogP) is 0.984. The first-order valence-corrected chi connectivity index (χ1v) is 6.13. The van der Waals surface area contributed by atoms with E-state index in [0.29, 0.717) is 18.7 Å². The van der Waals surface area contributed by atoms with Gasteiger partial charge in [0.2, 0.25) is 5.91 Å². The van der Waals surface area contributed by atoms with Gasteiger partial charge in [0.15, 0.2) is 0 Å². The van der Waals surface area contributed by atoms with Crippen LogP contribution in [0.5, 0.6) is 0 Å². The van der Waals surface area contributed by atoms with E-state index in [1.807, 2.05) is 0 Å². The highest BCUT2D eigenvalue weighted by molar-refractivity contribution is 7.81. The van der Waals surface area contributed by atoms with Gasteiger partial charge in [0.1, 0.15) is 0 Å². The molecule has 18 heavy (non-hydrogen) atoms. The van der Waals surface area contributed by atoms with Crippen LogP contribution in [-0.4, -0.2) is 34.8 Å². The molecule has 2 atom stereocenters. The minimum Gasteiger partial charge on any atom is -0.478 e. The minimum atomic E-state index is -1.01. The highest BCUT2D eigenvalue weighted by Gasteiger charge is 2.27. The number of thiol groups is 1. The van der Waals surface area contributed by atoms with E-state index in [-0.39, 0.29) is 22.8 Å². The van der Waals surface area contributed by atoms with Crippen molar-refractivity contribution < 1.29 is 14.7 Å². The molecule has 1 amide bonds. The van der Waals surface area contributed by atoms with E-state index >= 15 is 0 Å². The predicted molar refractivity (Wildman–Crippen MR) is 71.2 cm³/mol. The largest absolute Gasteiger partial charge is 0.478 e. The third-order valence-corrected chi connectivity index (χ3v) is 3.19. The molecule has 0 spiro atoms. The van der Waals surface area contributed by atoms with Gasteiger partial charge in [0.25, 0.3) is 0 Å². The van der Waals surface area contributed by atoms with Gasteiger partial charge < -0.3 is 15.7 Å². The summed E-state index contributed by atoms with van der Waals surface area (Å²) in [5, 5.41) is 14.8. The number of anilines is 1. The fourth-order valence-corrected chi connectivity index (χ4v) is 2.19. The fourth-order valence-electron chi connectivity index (χ4n) is 1.88. The molecule has 1 aliphatic rings. The van der Waals surface area contributed by atoms with Gasteiger partial charge in [-0.3, -0.25) is 4.79 Å². The van der Waals surface area contributed by atoms with Crippen LogP contribution >= 0.6 is 12.6 Å². The number of carboxylic acid groups (broad SMARTS) is 1. The molecule has 3 N–H and O–H groups in total. The Morgan fingerprint density at radius 1 is 1.44 bits per heavy atom. The molecule has 5 nitrogen and oxygen atoms in total. The molecule has 96 valence electrons. The molecular weight excluding hydrogens is 252 g/mol. The Labute approximate surface area is 110 Å². The van der Waals surface area contributed by atoms with Gasteiger partial charge in [-0.05, 0) is 24.6 Å². The molecule has 2 rings (SSSR count). The van der Waals surface area contributed by atoms with Crippen molar-refractivity contribution in [2.24, 2.45) is 0 Å². The average Bonchev–Trinajstić information content (AvgIpc) is 2.76. The Balaban J connectivity index is 2.03. The quantitative estimate of drug-likeness (QED) is 0.615. The highest BCUT2D eigenvalue weighted by atomic mass is 32.1. The molecule has 0 saturated carbocycles. The van der Waals surface area contributed by atoms with Crippen molar-refractivity contribution in [3.8, 4) is 0 Å². The summed E-state index contributed by atoms with van der Waals surface area (Å²) in [6, 6.07) is 5.92. The second kappa shape index (κ2) is 5.41. The molecule has 1 unspecified atom stereocenters. The van der Waals surface area contributed by atoms with Crippen LogP contribution in [0.4, 0.5) is 5.69 Å². The Morgan fingerprint density at radius 3 is 2.83 bits per heavy atom. The summed E-state index contributed by atoms with van der Waals surface area (Å²) in [4.78, 5) is 22.7. The van der Waals surface area contributed by atoms with Crippen LogP contribution in [0.2, 0.25) is 0 Å². The zero-order valence-electron chi connectivity index (χ0n) is 9.59. The standard InChI is InChI=1S/C12H14N2O3S/c15-11(10-5-9(18)6-13-10)14-8-3-1-2-7(4-8)12(16)17/h1-4,9-10,13,18H,5-6H2,(H,14,15)(H,16,17)/t9-,10?/m0/s1. The van der Waals surface area contributed by atoms with Gasteiger partial charge in [-0.2, -0.15) is 12.6 Å². The SMILES string of the molecule is O=C(O)c1cccc(NC(=O)C2C[C@H](S)CN2)c1. The van der Waals surface area contributed by atoms with Gasteiger partial charge >= 0.3 is 5.97 Å². The lowest BCUT2D eigenvalue weighted by Gasteiger charge is -2.11. The molecular formula is C12H14N2O3S. The summed E-state index contributed by atoms with van der Waals surface area (Å²) in [6.45, 7) is 0.705. The van der Waals surface area contributed by atoms with Gasteiger partial charge in [-0.1, -0.05) is 6.07 Å². The van der Waals surface area contributed by atoms with E-state index in [1.165, 1.54) is 12.1 Å². The van der Waals surface area contributed by atoms with E-state index in [0.717, 1.165) is 0 Å². The van der Waals surface area contributed by atoms with Crippen LogP contribution in [0.3, 0.4) is 0 Å².